The average molecular weight is 227 g/mol. The van der Waals surface area contributed by atoms with Gasteiger partial charge in [-0.15, -0.1) is 0 Å². The zero-order valence-electron chi connectivity index (χ0n) is 7.68. The average Bonchev–Trinajstić information content (AvgIpc) is 2.04. The number of hydrogen-bond acceptors (Lipinski definition) is 0. The number of hydrogen-bond donors (Lipinski definition) is 0. The number of halogens is 1. The van der Waals surface area contributed by atoms with Crippen LogP contribution < -0.4 is 0 Å². The van der Waals surface area contributed by atoms with Crippen LogP contribution in [0, 0.1) is 12.8 Å². The van der Waals surface area contributed by atoms with Gasteiger partial charge in [-0.3, -0.25) is 0 Å². The van der Waals surface area contributed by atoms with Gasteiger partial charge in [0.15, 0.2) is 0 Å². The van der Waals surface area contributed by atoms with E-state index in [1.54, 1.807) is 0 Å². The second-order valence-electron chi connectivity index (χ2n) is 3.45. The summed E-state index contributed by atoms with van der Waals surface area (Å²) < 4.78 is 0. The molecule has 0 aliphatic heterocycles. The van der Waals surface area contributed by atoms with Crippen molar-refractivity contribution in [2.24, 2.45) is 5.92 Å². The van der Waals surface area contributed by atoms with Crippen molar-refractivity contribution in [2.45, 2.75) is 20.3 Å². The quantitative estimate of drug-likeness (QED) is 0.692. The number of aryl methyl sites for hydroxylation is 1. The van der Waals surface area contributed by atoms with Gasteiger partial charge < -0.3 is 0 Å². The second kappa shape index (κ2) is 4.66. The van der Waals surface area contributed by atoms with Crippen LogP contribution in [0.1, 0.15) is 18.1 Å². The van der Waals surface area contributed by atoms with Gasteiger partial charge in [0.25, 0.3) is 0 Å². The van der Waals surface area contributed by atoms with Crippen molar-refractivity contribution < 1.29 is 0 Å². The van der Waals surface area contributed by atoms with E-state index < -0.39 is 0 Å². The van der Waals surface area contributed by atoms with E-state index in [1.165, 1.54) is 17.5 Å². The molecule has 0 nitrogen and oxygen atoms in total. The molecular formula is C11H15Br. The monoisotopic (exact) mass is 226 g/mol. The molecule has 0 N–H and O–H groups in total. The summed E-state index contributed by atoms with van der Waals surface area (Å²) in [7, 11) is 0. The molecule has 0 heterocycles. The molecule has 66 valence electrons. The molecule has 0 aliphatic carbocycles. The molecule has 0 fully saturated rings. The minimum atomic E-state index is 0.729. The summed E-state index contributed by atoms with van der Waals surface area (Å²) in [6.45, 7) is 4.40. The topological polar surface area (TPSA) is 0 Å². The van der Waals surface area contributed by atoms with Gasteiger partial charge in [0.05, 0.1) is 0 Å². The Bertz CT molecular complexity index is 243. The fourth-order valence-electron chi connectivity index (χ4n) is 1.30. The molecule has 0 radical (unpaired) electrons. The minimum Gasteiger partial charge on any atom is -0.0925 e. The van der Waals surface area contributed by atoms with E-state index in [1.807, 2.05) is 0 Å². The molecule has 0 amide bonds. The van der Waals surface area contributed by atoms with Crippen molar-refractivity contribution in [1.29, 1.82) is 0 Å². The van der Waals surface area contributed by atoms with E-state index in [4.69, 9.17) is 0 Å². The number of benzene rings is 1. The summed E-state index contributed by atoms with van der Waals surface area (Å²) in [6.07, 6.45) is 1.17. The molecule has 0 aliphatic rings. The summed E-state index contributed by atoms with van der Waals surface area (Å²) in [5.41, 5.74) is 2.80. The predicted molar refractivity (Wildman–Crippen MR) is 57.8 cm³/mol. The summed E-state index contributed by atoms with van der Waals surface area (Å²) >= 11 is 3.49. The van der Waals surface area contributed by atoms with Crippen LogP contribution in [-0.4, -0.2) is 5.33 Å². The van der Waals surface area contributed by atoms with Gasteiger partial charge >= 0.3 is 0 Å². The van der Waals surface area contributed by atoms with Crippen LogP contribution in [0.15, 0.2) is 24.3 Å². The van der Waals surface area contributed by atoms with Crippen LogP contribution in [-0.2, 0) is 6.42 Å². The van der Waals surface area contributed by atoms with Crippen LogP contribution in [0.3, 0.4) is 0 Å². The Labute approximate surface area is 83.1 Å². The smallest absolute Gasteiger partial charge is 0.00602 e. The van der Waals surface area contributed by atoms with Crippen LogP contribution in [0.25, 0.3) is 0 Å². The van der Waals surface area contributed by atoms with Gasteiger partial charge in [0, 0.05) is 5.33 Å². The third-order valence-electron chi connectivity index (χ3n) is 1.93. The molecule has 1 atom stereocenters. The normalized spacial score (nSPS) is 12.9. The largest absolute Gasteiger partial charge is 0.0925 e. The standard InChI is InChI=1S/C11H15Br/c1-9-4-3-5-11(6-9)7-10(2)8-12/h3-6,10H,7-8H2,1-2H3. The molecule has 1 heteroatoms. The first-order valence-electron chi connectivity index (χ1n) is 4.34. The first kappa shape index (κ1) is 9.79. The van der Waals surface area contributed by atoms with E-state index in [2.05, 4.69) is 54.0 Å². The first-order chi connectivity index (χ1) is 5.72. The zero-order valence-corrected chi connectivity index (χ0v) is 9.26. The minimum absolute atomic E-state index is 0.729. The summed E-state index contributed by atoms with van der Waals surface area (Å²) in [6, 6.07) is 8.74. The van der Waals surface area contributed by atoms with Crippen LogP contribution >= 0.6 is 15.9 Å². The Morgan fingerprint density at radius 2 is 2.17 bits per heavy atom. The molecule has 0 saturated carbocycles. The van der Waals surface area contributed by atoms with Crippen molar-refractivity contribution in [3.63, 3.8) is 0 Å². The summed E-state index contributed by atoms with van der Waals surface area (Å²) in [5, 5.41) is 1.08. The lowest BCUT2D eigenvalue weighted by Gasteiger charge is -2.07. The van der Waals surface area contributed by atoms with Crippen molar-refractivity contribution in [2.75, 3.05) is 5.33 Å². The predicted octanol–water partition coefficient (Wildman–Crippen LogP) is 3.57. The lowest BCUT2D eigenvalue weighted by atomic mass is 10.0. The molecule has 0 saturated heterocycles. The maximum atomic E-state index is 3.49. The van der Waals surface area contributed by atoms with Gasteiger partial charge in [-0.25, -0.2) is 0 Å². The number of rotatable bonds is 3. The second-order valence-corrected chi connectivity index (χ2v) is 4.10. The van der Waals surface area contributed by atoms with Gasteiger partial charge in [0.1, 0.15) is 0 Å². The van der Waals surface area contributed by atoms with E-state index in [-0.39, 0.29) is 0 Å². The molecule has 0 spiro atoms. The van der Waals surface area contributed by atoms with Crippen LogP contribution in [0.4, 0.5) is 0 Å². The van der Waals surface area contributed by atoms with Crippen molar-refractivity contribution in [3.05, 3.63) is 35.4 Å². The Hall–Kier alpha value is -0.300. The zero-order chi connectivity index (χ0) is 8.97. The van der Waals surface area contributed by atoms with Gasteiger partial charge in [-0.05, 0) is 24.8 Å². The van der Waals surface area contributed by atoms with Gasteiger partial charge in [-0.1, -0.05) is 52.7 Å². The lowest BCUT2D eigenvalue weighted by Crippen LogP contribution is -2.00. The van der Waals surface area contributed by atoms with Crippen molar-refractivity contribution >= 4 is 15.9 Å². The van der Waals surface area contributed by atoms with E-state index >= 15 is 0 Å². The molecule has 0 bridgehead atoms. The van der Waals surface area contributed by atoms with Crippen LogP contribution in [0.5, 0.6) is 0 Å². The van der Waals surface area contributed by atoms with Gasteiger partial charge in [0.2, 0.25) is 0 Å². The highest BCUT2D eigenvalue weighted by Gasteiger charge is 2.00. The maximum absolute atomic E-state index is 3.49. The molecule has 1 rings (SSSR count). The maximum Gasteiger partial charge on any atom is 0.00602 e. The summed E-state index contributed by atoms with van der Waals surface area (Å²) in [5.74, 6) is 0.729. The lowest BCUT2D eigenvalue weighted by molar-refractivity contribution is 0.663. The van der Waals surface area contributed by atoms with E-state index in [9.17, 15) is 0 Å². The van der Waals surface area contributed by atoms with Crippen LogP contribution in [0.2, 0.25) is 0 Å². The summed E-state index contributed by atoms with van der Waals surface area (Å²) in [4.78, 5) is 0. The Kier molecular flexibility index (Phi) is 3.80. The van der Waals surface area contributed by atoms with Crippen molar-refractivity contribution in [3.8, 4) is 0 Å². The highest BCUT2D eigenvalue weighted by Crippen LogP contribution is 2.11. The Morgan fingerprint density at radius 1 is 1.42 bits per heavy atom. The van der Waals surface area contributed by atoms with E-state index in [0.29, 0.717) is 0 Å². The fourth-order valence-corrected chi connectivity index (χ4v) is 1.52. The molecule has 1 aromatic rings. The molecular weight excluding hydrogens is 212 g/mol. The third-order valence-corrected chi connectivity index (χ3v) is 3.04. The highest BCUT2D eigenvalue weighted by atomic mass is 79.9. The molecule has 12 heavy (non-hydrogen) atoms. The third kappa shape index (κ3) is 2.98. The van der Waals surface area contributed by atoms with E-state index in [0.717, 1.165) is 11.2 Å². The Balaban J connectivity index is 2.63. The SMILES string of the molecule is Cc1cccc(CC(C)CBr)c1. The van der Waals surface area contributed by atoms with Crippen molar-refractivity contribution in [1.82, 2.24) is 0 Å². The van der Waals surface area contributed by atoms with Gasteiger partial charge in [-0.2, -0.15) is 0 Å². The number of alkyl halides is 1. The molecule has 1 unspecified atom stereocenters. The fraction of sp³-hybridized carbons (Fsp3) is 0.455. The molecule has 0 aromatic heterocycles. The first-order valence-corrected chi connectivity index (χ1v) is 5.46. The highest BCUT2D eigenvalue weighted by molar-refractivity contribution is 9.09. The molecule has 1 aromatic carbocycles. The Morgan fingerprint density at radius 3 is 2.75 bits per heavy atom.